The molecule has 1 amide bonds. The highest BCUT2D eigenvalue weighted by molar-refractivity contribution is 7.80. The van der Waals surface area contributed by atoms with Crippen LogP contribution in [0.25, 0.3) is 0 Å². The first-order chi connectivity index (χ1) is 7.55. The largest absolute Gasteiger partial charge is 0.394 e. The van der Waals surface area contributed by atoms with Gasteiger partial charge in [0.2, 0.25) is 5.91 Å². The van der Waals surface area contributed by atoms with Crippen molar-refractivity contribution >= 4 is 18.5 Å². The number of aliphatic hydroxyl groups is 2. The molecule has 0 unspecified atom stereocenters. The fourth-order valence-electron chi connectivity index (χ4n) is 1.69. The van der Waals surface area contributed by atoms with Crippen LogP contribution >= 0.6 is 12.6 Å². The molecular formula is C11H21NO3S. The van der Waals surface area contributed by atoms with Crippen LogP contribution in [0.1, 0.15) is 32.6 Å². The summed E-state index contributed by atoms with van der Waals surface area (Å²) in [5.74, 6) is 0.620. The van der Waals surface area contributed by atoms with Crippen LogP contribution < -0.4 is 5.32 Å². The van der Waals surface area contributed by atoms with Crippen molar-refractivity contribution in [3.05, 3.63) is 0 Å². The second-order valence-electron chi connectivity index (χ2n) is 4.83. The number of hydrogen-bond acceptors (Lipinski definition) is 4. The van der Waals surface area contributed by atoms with E-state index in [1.165, 1.54) is 0 Å². The molecule has 4 nitrogen and oxygen atoms in total. The van der Waals surface area contributed by atoms with Gasteiger partial charge in [-0.1, -0.05) is 6.92 Å². The van der Waals surface area contributed by atoms with Gasteiger partial charge in [-0.2, -0.15) is 12.6 Å². The van der Waals surface area contributed by atoms with Crippen molar-refractivity contribution in [2.75, 3.05) is 19.0 Å². The summed E-state index contributed by atoms with van der Waals surface area (Å²) >= 11 is 4.24. The summed E-state index contributed by atoms with van der Waals surface area (Å²) in [4.78, 5) is 11.8. The Morgan fingerprint density at radius 1 is 1.44 bits per heavy atom. The molecule has 1 aliphatic carbocycles. The van der Waals surface area contributed by atoms with E-state index < -0.39 is 5.54 Å². The Labute approximate surface area is 102 Å². The minimum Gasteiger partial charge on any atom is -0.394 e. The Bertz CT molecular complexity index is 241. The van der Waals surface area contributed by atoms with Gasteiger partial charge in [-0.25, -0.2) is 0 Å². The number of carbonyl (C=O) groups is 1. The first-order valence-electron chi connectivity index (χ1n) is 5.69. The number of carbonyl (C=O) groups excluding carboxylic acids is 1. The van der Waals surface area contributed by atoms with Crippen LogP contribution in [0.5, 0.6) is 0 Å². The molecule has 0 heterocycles. The monoisotopic (exact) mass is 247 g/mol. The summed E-state index contributed by atoms with van der Waals surface area (Å²) in [5, 5.41) is 21.2. The summed E-state index contributed by atoms with van der Waals surface area (Å²) in [5.41, 5.74) is -0.804. The van der Waals surface area contributed by atoms with Gasteiger partial charge in [0.25, 0.3) is 0 Å². The molecule has 0 spiro atoms. The van der Waals surface area contributed by atoms with Crippen molar-refractivity contribution in [3.8, 4) is 0 Å². The summed E-state index contributed by atoms with van der Waals surface area (Å²) in [7, 11) is 0. The van der Waals surface area contributed by atoms with E-state index in [0.29, 0.717) is 12.8 Å². The Morgan fingerprint density at radius 3 is 2.31 bits per heavy atom. The molecule has 1 aliphatic rings. The number of nitrogens with one attached hydrogen (secondary N) is 1. The normalized spacial score (nSPS) is 18.2. The second-order valence-corrected chi connectivity index (χ2v) is 5.15. The maximum atomic E-state index is 11.8. The highest BCUT2D eigenvalue weighted by Gasteiger charge is 2.43. The minimum atomic E-state index is -0.871. The predicted octanol–water partition coefficient (Wildman–Crippen LogP) is 0.336. The first-order valence-corrected chi connectivity index (χ1v) is 6.32. The van der Waals surface area contributed by atoms with Crippen molar-refractivity contribution in [2.45, 2.75) is 38.1 Å². The lowest BCUT2D eigenvalue weighted by Gasteiger charge is -2.30. The zero-order valence-electron chi connectivity index (χ0n) is 9.70. The molecule has 0 radical (unpaired) electrons. The maximum absolute atomic E-state index is 11.8. The molecule has 94 valence electrons. The van der Waals surface area contributed by atoms with Crippen LogP contribution in [0.4, 0.5) is 0 Å². The lowest BCUT2D eigenvalue weighted by atomic mass is 9.96. The topological polar surface area (TPSA) is 69.6 Å². The van der Waals surface area contributed by atoms with Gasteiger partial charge in [0.1, 0.15) is 0 Å². The van der Waals surface area contributed by atoms with E-state index in [1.54, 1.807) is 0 Å². The van der Waals surface area contributed by atoms with Crippen molar-refractivity contribution in [1.82, 2.24) is 5.32 Å². The van der Waals surface area contributed by atoms with E-state index in [0.717, 1.165) is 18.6 Å². The summed E-state index contributed by atoms with van der Waals surface area (Å²) in [6.07, 6.45) is 3.04. The average Bonchev–Trinajstić information content (AvgIpc) is 3.06. The highest BCUT2D eigenvalue weighted by atomic mass is 32.1. The van der Waals surface area contributed by atoms with Gasteiger partial charge < -0.3 is 15.5 Å². The van der Waals surface area contributed by atoms with Crippen molar-refractivity contribution in [3.63, 3.8) is 0 Å². The zero-order valence-corrected chi connectivity index (χ0v) is 10.6. The summed E-state index contributed by atoms with van der Waals surface area (Å²) in [6.45, 7) is 1.36. The number of aliphatic hydroxyl groups excluding tert-OH is 2. The fraction of sp³-hybridized carbons (Fsp3) is 0.909. The van der Waals surface area contributed by atoms with Crippen molar-refractivity contribution in [2.24, 2.45) is 5.41 Å². The van der Waals surface area contributed by atoms with E-state index in [4.69, 9.17) is 0 Å². The van der Waals surface area contributed by atoms with Crippen LogP contribution in [-0.4, -0.2) is 40.6 Å². The van der Waals surface area contributed by atoms with E-state index in [-0.39, 0.29) is 24.5 Å². The van der Waals surface area contributed by atoms with E-state index >= 15 is 0 Å². The van der Waals surface area contributed by atoms with Crippen molar-refractivity contribution < 1.29 is 15.0 Å². The Hall–Kier alpha value is -0.260. The molecule has 1 fully saturated rings. The maximum Gasteiger partial charge on any atom is 0.221 e. The van der Waals surface area contributed by atoms with Crippen LogP contribution in [0.2, 0.25) is 0 Å². The number of amides is 1. The molecule has 0 aromatic rings. The van der Waals surface area contributed by atoms with Gasteiger partial charge in [-0.3, -0.25) is 4.79 Å². The van der Waals surface area contributed by atoms with E-state index in [2.05, 4.69) is 17.9 Å². The zero-order chi connectivity index (χ0) is 12.2. The lowest BCUT2D eigenvalue weighted by Crippen LogP contribution is -2.54. The quantitative estimate of drug-likeness (QED) is 0.490. The Morgan fingerprint density at radius 2 is 2.00 bits per heavy atom. The Kier molecular flexibility index (Phi) is 4.64. The van der Waals surface area contributed by atoms with Crippen molar-refractivity contribution in [1.29, 1.82) is 0 Å². The molecule has 0 bridgehead atoms. The molecule has 0 aromatic heterocycles. The molecule has 16 heavy (non-hydrogen) atoms. The van der Waals surface area contributed by atoms with Crippen LogP contribution in [-0.2, 0) is 4.79 Å². The fourth-order valence-corrected chi connectivity index (χ4v) is 2.12. The number of rotatable bonds is 7. The van der Waals surface area contributed by atoms with Crippen LogP contribution in [0.3, 0.4) is 0 Å². The number of hydrogen-bond donors (Lipinski definition) is 4. The van der Waals surface area contributed by atoms with E-state index in [1.807, 2.05) is 6.92 Å². The van der Waals surface area contributed by atoms with Crippen LogP contribution in [0.15, 0.2) is 0 Å². The molecule has 0 aromatic carbocycles. The predicted molar refractivity (Wildman–Crippen MR) is 65.5 cm³/mol. The molecule has 1 rings (SSSR count). The number of thiol groups is 1. The third kappa shape index (κ3) is 3.12. The van der Waals surface area contributed by atoms with Gasteiger partial charge in [0.15, 0.2) is 0 Å². The smallest absolute Gasteiger partial charge is 0.221 e. The van der Waals surface area contributed by atoms with Gasteiger partial charge in [-0.05, 0) is 30.4 Å². The summed E-state index contributed by atoms with van der Waals surface area (Å²) in [6, 6.07) is 0. The lowest BCUT2D eigenvalue weighted by molar-refractivity contribution is -0.125. The third-order valence-electron chi connectivity index (χ3n) is 3.51. The highest BCUT2D eigenvalue weighted by Crippen LogP contribution is 2.49. The molecular weight excluding hydrogens is 226 g/mol. The third-order valence-corrected chi connectivity index (χ3v) is 4.19. The van der Waals surface area contributed by atoms with Gasteiger partial charge in [0.05, 0.1) is 18.8 Å². The SMILES string of the molecule is CCC(CO)(CO)NC(=O)CC1(CS)CC1. The molecule has 5 heteroatoms. The van der Waals surface area contributed by atoms with Gasteiger partial charge in [-0.15, -0.1) is 0 Å². The standard InChI is InChI=1S/C11H21NO3S/c1-2-11(6-13,7-14)12-9(15)5-10(8-16)3-4-10/h13-14,16H,2-8H2,1H3,(H,12,15). The molecule has 0 atom stereocenters. The average molecular weight is 247 g/mol. The first kappa shape index (κ1) is 13.8. The van der Waals surface area contributed by atoms with Gasteiger partial charge >= 0.3 is 0 Å². The minimum absolute atomic E-state index is 0.0671. The Balaban J connectivity index is 2.49. The molecule has 0 aliphatic heterocycles. The molecule has 0 saturated heterocycles. The van der Waals surface area contributed by atoms with Gasteiger partial charge in [0, 0.05) is 6.42 Å². The van der Waals surface area contributed by atoms with Crippen LogP contribution in [0, 0.1) is 5.41 Å². The summed E-state index contributed by atoms with van der Waals surface area (Å²) < 4.78 is 0. The molecule has 1 saturated carbocycles. The second kappa shape index (κ2) is 5.38. The molecule has 3 N–H and O–H groups in total. The van der Waals surface area contributed by atoms with E-state index in [9.17, 15) is 15.0 Å².